The first-order chi connectivity index (χ1) is 7.03. The van der Waals surface area contributed by atoms with E-state index in [0.29, 0.717) is 5.75 Å². The summed E-state index contributed by atoms with van der Waals surface area (Å²) in [5.74, 6) is 0.814. The number of aromatic hydroxyl groups is 1. The zero-order valence-electron chi connectivity index (χ0n) is 8.73. The molecule has 0 unspecified atom stereocenters. The Morgan fingerprint density at radius 3 is 2.53 bits per heavy atom. The van der Waals surface area contributed by atoms with E-state index in [0.717, 1.165) is 0 Å². The van der Waals surface area contributed by atoms with Gasteiger partial charge in [0.1, 0.15) is 23.6 Å². The highest BCUT2D eigenvalue weighted by molar-refractivity contribution is 5.34. The molecular formula is C11H13NO3. The van der Waals surface area contributed by atoms with Gasteiger partial charge in [0, 0.05) is 0 Å². The lowest BCUT2D eigenvalue weighted by atomic mass is 10.1. The van der Waals surface area contributed by atoms with Crippen molar-refractivity contribution >= 4 is 6.08 Å². The standard InChI is InChI=1S/C11H13NO3/c1-11(2,12-8-13)7-15-10-5-3-9(14)4-6-10/h3-6,14H,7H2,1-2H3. The second-order valence-electron chi connectivity index (χ2n) is 3.80. The molecule has 0 saturated heterocycles. The summed E-state index contributed by atoms with van der Waals surface area (Å²) < 4.78 is 5.39. The molecule has 80 valence electrons. The van der Waals surface area contributed by atoms with Crippen LogP contribution in [0.3, 0.4) is 0 Å². The molecule has 0 radical (unpaired) electrons. The summed E-state index contributed by atoms with van der Waals surface area (Å²) in [5, 5.41) is 9.04. The summed E-state index contributed by atoms with van der Waals surface area (Å²) in [6.45, 7) is 3.84. The fourth-order valence-corrected chi connectivity index (χ4v) is 0.958. The predicted octanol–water partition coefficient (Wildman–Crippen LogP) is 1.89. The minimum Gasteiger partial charge on any atom is -0.508 e. The van der Waals surface area contributed by atoms with Gasteiger partial charge < -0.3 is 9.84 Å². The van der Waals surface area contributed by atoms with Gasteiger partial charge in [-0.3, -0.25) is 0 Å². The Morgan fingerprint density at radius 2 is 2.00 bits per heavy atom. The van der Waals surface area contributed by atoms with Crippen LogP contribution in [0.2, 0.25) is 0 Å². The summed E-state index contributed by atoms with van der Waals surface area (Å²) in [7, 11) is 0. The molecule has 0 spiro atoms. The van der Waals surface area contributed by atoms with Crippen LogP contribution in [0, 0.1) is 0 Å². The molecule has 4 heteroatoms. The first-order valence-corrected chi connectivity index (χ1v) is 4.54. The van der Waals surface area contributed by atoms with Gasteiger partial charge in [-0.05, 0) is 38.1 Å². The number of carbonyl (C=O) groups excluding carboxylic acids is 1. The van der Waals surface area contributed by atoms with Crippen LogP contribution in [-0.2, 0) is 4.79 Å². The van der Waals surface area contributed by atoms with Gasteiger partial charge in [-0.1, -0.05) is 0 Å². The molecule has 15 heavy (non-hydrogen) atoms. The van der Waals surface area contributed by atoms with Gasteiger partial charge in [-0.25, -0.2) is 4.79 Å². The van der Waals surface area contributed by atoms with E-state index >= 15 is 0 Å². The topological polar surface area (TPSA) is 58.9 Å². The quantitative estimate of drug-likeness (QED) is 0.605. The number of benzene rings is 1. The van der Waals surface area contributed by atoms with E-state index in [1.807, 2.05) is 0 Å². The number of hydrogen-bond donors (Lipinski definition) is 1. The normalized spacial score (nSPS) is 10.5. The molecule has 1 N–H and O–H groups in total. The van der Waals surface area contributed by atoms with Crippen molar-refractivity contribution in [3.05, 3.63) is 24.3 Å². The molecule has 0 saturated carbocycles. The van der Waals surface area contributed by atoms with Gasteiger partial charge in [-0.2, -0.15) is 4.99 Å². The van der Waals surface area contributed by atoms with Crippen molar-refractivity contribution in [2.24, 2.45) is 4.99 Å². The lowest BCUT2D eigenvalue weighted by molar-refractivity contribution is 0.244. The van der Waals surface area contributed by atoms with Crippen molar-refractivity contribution in [3.8, 4) is 11.5 Å². The van der Waals surface area contributed by atoms with Crippen LogP contribution < -0.4 is 4.74 Å². The maximum Gasteiger partial charge on any atom is 0.235 e. The Balaban J connectivity index is 2.57. The van der Waals surface area contributed by atoms with Crippen molar-refractivity contribution < 1.29 is 14.6 Å². The zero-order valence-corrected chi connectivity index (χ0v) is 8.73. The van der Waals surface area contributed by atoms with Gasteiger partial charge in [-0.15, -0.1) is 0 Å². The van der Waals surface area contributed by atoms with Gasteiger partial charge in [0.2, 0.25) is 6.08 Å². The maximum atomic E-state index is 10.1. The number of phenols is 1. The molecule has 0 bridgehead atoms. The smallest absolute Gasteiger partial charge is 0.235 e. The predicted molar refractivity (Wildman–Crippen MR) is 55.8 cm³/mol. The number of aliphatic imine (C=N–C) groups is 1. The molecule has 0 amide bonds. The third-order valence-corrected chi connectivity index (χ3v) is 1.78. The molecule has 1 aromatic rings. The Hall–Kier alpha value is -1.80. The van der Waals surface area contributed by atoms with Crippen LogP contribution in [-0.4, -0.2) is 23.3 Å². The molecule has 0 atom stereocenters. The Labute approximate surface area is 88.2 Å². The van der Waals surface area contributed by atoms with Gasteiger partial charge >= 0.3 is 0 Å². The van der Waals surface area contributed by atoms with Crippen molar-refractivity contribution in [3.63, 3.8) is 0 Å². The van der Waals surface area contributed by atoms with Crippen LogP contribution in [0.15, 0.2) is 29.3 Å². The molecule has 0 aliphatic rings. The van der Waals surface area contributed by atoms with Gasteiger partial charge in [0.15, 0.2) is 0 Å². The van der Waals surface area contributed by atoms with Crippen LogP contribution >= 0.6 is 0 Å². The summed E-state index contributed by atoms with van der Waals surface area (Å²) >= 11 is 0. The molecular weight excluding hydrogens is 194 g/mol. The molecule has 0 aromatic heterocycles. The molecule has 4 nitrogen and oxygen atoms in total. The molecule has 0 aliphatic carbocycles. The Morgan fingerprint density at radius 1 is 1.40 bits per heavy atom. The van der Waals surface area contributed by atoms with Gasteiger partial charge in [0.05, 0.1) is 0 Å². The van der Waals surface area contributed by atoms with E-state index in [1.165, 1.54) is 18.2 Å². The third kappa shape index (κ3) is 3.83. The van der Waals surface area contributed by atoms with Crippen LogP contribution in [0.25, 0.3) is 0 Å². The van der Waals surface area contributed by atoms with E-state index in [4.69, 9.17) is 9.84 Å². The first-order valence-electron chi connectivity index (χ1n) is 4.54. The van der Waals surface area contributed by atoms with Crippen LogP contribution in [0.4, 0.5) is 0 Å². The first kappa shape index (κ1) is 11.3. The van der Waals surface area contributed by atoms with Crippen molar-refractivity contribution in [2.45, 2.75) is 19.4 Å². The number of nitrogens with zero attached hydrogens (tertiary/aromatic N) is 1. The van der Waals surface area contributed by atoms with E-state index in [1.54, 1.807) is 26.0 Å². The summed E-state index contributed by atoms with van der Waals surface area (Å²) in [4.78, 5) is 13.7. The van der Waals surface area contributed by atoms with Crippen molar-refractivity contribution in [1.82, 2.24) is 0 Å². The number of hydrogen-bond acceptors (Lipinski definition) is 4. The molecule has 1 rings (SSSR count). The highest BCUT2D eigenvalue weighted by atomic mass is 16.5. The van der Waals surface area contributed by atoms with Crippen LogP contribution in [0.5, 0.6) is 11.5 Å². The third-order valence-electron chi connectivity index (χ3n) is 1.78. The van der Waals surface area contributed by atoms with E-state index in [2.05, 4.69) is 4.99 Å². The highest BCUT2D eigenvalue weighted by Crippen LogP contribution is 2.18. The summed E-state index contributed by atoms with van der Waals surface area (Å²) in [5.41, 5.74) is -0.584. The average molecular weight is 207 g/mol. The second-order valence-corrected chi connectivity index (χ2v) is 3.80. The number of rotatable bonds is 4. The lowest BCUT2D eigenvalue weighted by Crippen LogP contribution is -2.26. The van der Waals surface area contributed by atoms with Crippen molar-refractivity contribution in [2.75, 3.05) is 6.61 Å². The summed E-state index contributed by atoms with van der Waals surface area (Å²) in [6, 6.07) is 6.36. The van der Waals surface area contributed by atoms with E-state index < -0.39 is 5.54 Å². The average Bonchev–Trinajstić information content (AvgIpc) is 2.17. The zero-order chi connectivity index (χ0) is 11.3. The maximum absolute atomic E-state index is 10.1. The number of ether oxygens (including phenoxy) is 1. The van der Waals surface area contributed by atoms with Crippen molar-refractivity contribution in [1.29, 1.82) is 0 Å². The highest BCUT2D eigenvalue weighted by Gasteiger charge is 2.17. The van der Waals surface area contributed by atoms with Gasteiger partial charge in [0.25, 0.3) is 0 Å². The number of isocyanates is 1. The van der Waals surface area contributed by atoms with E-state index in [-0.39, 0.29) is 12.4 Å². The lowest BCUT2D eigenvalue weighted by Gasteiger charge is -2.17. The fraction of sp³-hybridized carbons (Fsp3) is 0.364. The molecule has 0 fully saturated rings. The number of phenolic OH excluding ortho intramolecular Hbond substituents is 1. The Bertz CT molecular complexity index is 364. The fourth-order valence-electron chi connectivity index (χ4n) is 0.958. The monoisotopic (exact) mass is 207 g/mol. The second kappa shape index (κ2) is 4.62. The van der Waals surface area contributed by atoms with Crippen LogP contribution in [0.1, 0.15) is 13.8 Å². The Kier molecular flexibility index (Phi) is 3.47. The molecule has 0 heterocycles. The molecule has 1 aromatic carbocycles. The summed E-state index contributed by atoms with van der Waals surface area (Å²) in [6.07, 6.45) is 1.51. The SMILES string of the molecule is CC(C)(COc1ccc(O)cc1)N=C=O. The largest absolute Gasteiger partial charge is 0.508 e. The minimum absolute atomic E-state index is 0.188. The molecule has 0 aliphatic heterocycles. The minimum atomic E-state index is -0.584. The van der Waals surface area contributed by atoms with E-state index in [9.17, 15) is 4.79 Å².